The summed E-state index contributed by atoms with van der Waals surface area (Å²) in [4.78, 5) is 50.2. The fraction of sp³-hybridized carbons (Fsp3) is 0.480. The Bertz CT molecular complexity index is 1160. The summed E-state index contributed by atoms with van der Waals surface area (Å²) in [5, 5.41) is 12.9. The highest BCUT2D eigenvalue weighted by molar-refractivity contribution is 6.42. The Morgan fingerprint density at radius 3 is 2.79 bits per heavy atom. The number of hydrogen-bond donors (Lipinski definition) is 3. The van der Waals surface area contributed by atoms with E-state index in [1.54, 1.807) is 24.4 Å². The zero-order valence-electron chi connectivity index (χ0n) is 20.6. The molecule has 2 fully saturated rings. The average Bonchev–Trinajstić information content (AvgIpc) is 3.24. The highest BCUT2D eigenvalue weighted by Gasteiger charge is 2.46. The summed E-state index contributed by atoms with van der Waals surface area (Å²) in [6, 6.07) is 3.17. The van der Waals surface area contributed by atoms with Crippen LogP contribution < -0.4 is 15.8 Å². The van der Waals surface area contributed by atoms with Gasteiger partial charge in [-0.15, -0.1) is 0 Å². The Balaban J connectivity index is 1.51. The van der Waals surface area contributed by atoms with Crippen molar-refractivity contribution in [1.29, 1.82) is 0 Å². The number of ether oxygens (including phenoxy) is 1. The first-order valence-corrected chi connectivity index (χ1v) is 13.1. The summed E-state index contributed by atoms with van der Waals surface area (Å²) in [5.74, 6) is -1.34. The Labute approximate surface area is 230 Å². The number of amides is 2. The molecule has 2 aromatic rings. The number of nitrogens with one attached hydrogen (secondary N) is 1. The van der Waals surface area contributed by atoms with E-state index in [2.05, 4.69) is 15.3 Å². The Morgan fingerprint density at radius 1 is 1.26 bits per heavy atom. The minimum Gasteiger partial charge on any atom is -0.481 e. The molecule has 38 heavy (non-hydrogen) atoms. The van der Waals surface area contributed by atoms with Gasteiger partial charge in [0.2, 0.25) is 17.7 Å². The summed E-state index contributed by atoms with van der Waals surface area (Å²) < 4.78 is 5.84. The lowest BCUT2D eigenvalue weighted by Crippen LogP contribution is -2.53. The number of carbonyl (C=O) groups excluding carboxylic acids is 2. The lowest BCUT2D eigenvalue weighted by molar-refractivity contribution is -0.144. The maximum absolute atomic E-state index is 13.7. The van der Waals surface area contributed by atoms with Crippen molar-refractivity contribution in [2.75, 3.05) is 19.7 Å². The third-order valence-corrected chi connectivity index (χ3v) is 7.58. The summed E-state index contributed by atoms with van der Waals surface area (Å²) in [6.07, 6.45) is 5.27. The minimum atomic E-state index is -1.05. The predicted molar refractivity (Wildman–Crippen MR) is 140 cm³/mol. The number of nitrogens with two attached hydrogens (primary N) is 1. The van der Waals surface area contributed by atoms with Crippen molar-refractivity contribution in [2.45, 2.75) is 56.4 Å². The molecule has 0 radical (unpaired) electrons. The number of aliphatic carboxylic acids is 1. The minimum absolute atomic E-state index is 0.0200. The van der Waals surface area contributed by atoms with Crippen LogP contribution in [0.2, 0.25) is 10.0 Å². The molecule has 11 nitrogen and oxygen atoms in total. The molecule has 0 bridgehead atoms. The second-order valence-corrected chi connectivity index (χ2v) is 10.3. The lowest BCUT2D eigenvalue weighted by Gasteiger charge is -2.32. The number of halogens is 2. The molecule has 0 aliphatic carbocycles. The van der Waals surface area contributed by atoms with E-state index in [0.29, 0.717) is 35.3 Å². The van der Waals surface area contributed by atoms with Crippen molar-refractivity contribution < 1.29 is 24.2 Å². The van der Waals surface area contributed by atoms with Crippen LogP contribution in [0.25, 0.3) is 0 Å². The van der Waals surface area contributed by atoms with Crippen molar-refractivity contribution in [2.24, 2.45) is 5.73 Å². The van der Waals surface area contributed by atoms with Crippen molar-refractivity contribution in [3.63, 3.8) is 0 Å². The monoisotopic (exact) mass is 564 g/mol. The van der Waals surface area contributed by atoms with Crippen LogP contribution in [-0.4, -0.2) is 86.5 Å². The molecule has 2 aliphatic heterocycles. The number of carbonyl (C=O) groups is 3. The molecular weight excluding hydrogens is 535 g/mol. The van der Waals surface area contributed by atoms with Crippen LogP contribution in [0.15, 0.2) is 36.8 Å². The number of hydrogen-bond acceptors (Lipinski definition) is 8. The SMILES string of the molecule is N[C@@H]1C[C@H]2C(=O)N([C@H](CCC(=O)O)C(=O)NCc3ccc(Cl)c(Cl)c3)CCC(COc3cnccn3)N2C1. The first-order valence-electron chi connectivity index (χ1n) is 12.4. The van der Waals surface area contributed by atoms with Gasteiger partial charge in [0, 0.05) is 50.5 Å². The molecule has 13 heteroatoms. The van der Waals surface area contributed by atoms with Gasteiger partial charge in [-0.05, 0) is 37.0 Å². The van der Waals surface area contributed by atoms with E-state index in [0.717, 1.165) is 5.56 Å². The molecule has 4 N–H and O–H groups in total. The largest absolute Gasteiger partial charge is 0.481 e. The van der Waals surface area contributed by atoms with Crippen LogP contribution in [0.3, 0.4) is 0 Å². The van der Waals surface area contributed by atoms with Crippen LogP contribution in [0, 0.1) is 0 Å². The Kier molecular flexibility index (Phi) is 9.37. The first kappa shape index (κ1) is 28.0. The maximum atomic E-state index is 13.7. The van der Waals surface area contributed by atoms with Gasteiger partial charge in [-0.1, -0.05) is 29.3 Å². The van der Waals surface area contributed by atoms with Crippen molar-refractivity contribution >= 4 is 41.0 Å². The van der Waals surface area contributed by atoms with Crippen molar-refractivity contribution in [3.05, 3.63) is 52.4 Å². The lowest BCUT2D eigenvalue weighted by atomic mass is 10.1. The van der Waals surface area contributed by atoms with E-state index in [9.17, 15) is 19.5 Å². The third-order valence-electron chi connectivity index (χ3n) is 6.84. The molecule has 2 amide bonds. The number of carboxylic acid groups (broad SMARTS) is 1. The Morgan fingerprint density at radius 2 is 2.08 bits per heavy atom. The predicted octanol–water partition coefficient (Wildman–Crippen LogP) is 1.71. The number of carboxylic acids is 1. The average molecular weight is 565 g/mol. The van der Waals surface area contributed by atoms with Gasteiger partial charge in [-0.3, -0.25) is 24.3 Å². The fourth-order valence-corrected chi connectivity index (χ4v) is 5.29. The van der Waals surface area contributed by atoms with Crippen LogP contribution in [0.4, 0.5) is 0 Å². The normalized spacial score (nSPS) is 22.4. The molecular formula is C25H30Cl2N6O5. The van der Waals surface area contributed by atoms with Gasteiger partial charge in [0.1, 0.15) is 12.6 Å². The highest BCUT2D eigenvalue weighted by atomic mass is 35.5. The molecule has 1 aromatic heterocycles. The molecule has 4 rings (SSSR count). The highest BCUT2D eigenvalue weighted by Crippen LogP contribution is 2.29. The van der Waals surface area contributed by atoms with Crippen molar-refractivity contribution in [1.82, 2.24) is 25.1 Å². The van der Waals surface area contributed by atoms with E-state index in [1.807, 2.05) is 4.90 Å². The summed E-state index contributed by atoms with van der Waals surface area (Å²) in [5.41, 5.74) is 6.96. The van der Waals surface area contributed by atoms with E-state index in [4.69, 9.17) is 33.7 Å². The topological polar surface area (TPSA) is 151 Å². The van der Waals surface area contributed by atoms with Gasteiger partial charge in [0.15, 0.2) is 0 Å². The number of rotatable bonds is 10. The third kappa shape index (κ3) is 6.90. The van der Waals surface area contributed by atoms with E-state index in [1.165, 1.54) is 17.3 Å². The number of nitrogens with zero attached hydrogens (tertiary/aromatic N) is 4. The van der Waals surface area contributed by atoms with Gasteiger partial charge >= 0.3 is 5.97 Å². The smallest absolute Gasteiger partial charge is 0.303 e. The number of aromatic nitrogens is 2. The van der Waals surface area contributed by atoms with Gasteiger partial charge in [0.25, 0.3) is 0 Å². The van der Waals surface area contributed by atoms with Crippen LogP contribution >= 0.6 is 23.2 Å². The van der Waals surface area contributed by atoms with Crippen molar-refractivity contribution in [3.8, 4) is 5.88 Å². The number of benzene rings is 1. The van der Waals surface area contributed by atoms with E-state index in [-0.39, 0.29) is 50.5 Å². The molecule has 1 aromatic carbocycles. The van der Waals surface area contributed by atoms with Gasteiger partial charge < -0.3 is 25.8 Å². The molecule has 204 valence electrons. The maximum Gasteiger partial charge on any atom is 0.303 e. The summed E-state index contributed by atoms with van der Waals surface area (Å²) >= 11 is 12.1. The van der Waals surface area contributed by atoms with Gasteiger partial charge in [0.05, 0.1) is 22.3 Å². The van der Waals surface area contributed by atoms with Crippen LogP contribution in [0.5, 0.6) is 5.88 Å². The van der Waals surface area contributed by atoms with Gasteiger partial charge in [-0.2, -0.15) is 0 Å². The molecule has 3 heterocycles. The Hall–Kier alpha value is -2.99. The second kappa shape index (κ2) is 12.7. The second-order valence-electron chi connectivity index (χ2n) is 9.45. The molecule has 2 saturated heterocycles. The zero-order chi connectivity index (χ0) is 27.2. The molecule has 1 unspecified atom stereocenters. The van der Waals surface area contributed by atoms with Gasteiger partial charge in [-0.25, -0.2) is 4.98 Å². The quantitative estimate of drug-likeness (QED) is 0.391. The standard InChI is InChI=1S/C25H30Cl2N6O5/c26-18-2-1-15(9-19(18)27)11-31-24(36)20(3-4-23(34)35)32-8-5-17(14-38-22-12-29-6-7-30-22)33-13-16(28)10-21(33)25(32)37/h1-2,6-7,9,12,16-17,20-21H,3-5,8,10-11,13-14,28H2,(H,31,36)(H,34,35)/t16-,17?,20-,21+/m1/s1. The van der Waals surface area contributed by atoms with Crippen LogP contribution in [0.1, 0.15) is 31.2 Å². The fourth-order valence-electron chi connectivity index (χ4n) is 4.97. The zero-order valence-corrected chi connectivity index (χ0v) is 22.1. The summed E-state index contributed by atoms with van der Waals surface area (Å²) in [6.45, 7) is 1.20. The summed E-state index contributed by atoms with van der Waals surface area (Å²) in [7, 11) is 0. The van der Waals surface area contributed by atoms with Crippen LogP contribution in [-0.2, 0) is 20.9 Å². The van der Waals surface area contributed by atoms with E-state index < -0.39 is 24.0 Å². The van der Waals surface area contributed by atoms with E-state index >= 15 is 0 Å². The molecule has 0 spiro atoms. The molecule has 4 atom stereocenters. The molecule has 0 saturated carbocycles. The molecule has 2 aliphatic rings. The number of fused-ring (bicyclic) bond motifs is 1. The first-order chi connectivity index (χ1) is 18.2.